The maximum atomic E-state index is 12.3. The first-order valence-electron chi connectivity index (χ1n) is 8.56. The first-order chi connectivity index (χ1) is 11.7. The van der Waals surface area contributed by atoms with Gasteiger partial charge < -0.3 is 14.5 Å². The lowest BCUT2D eigenvalue weighted by Crippen LogP contribution is -2.33. The van der Waals surface area contributed by atoms with Crippen molar-refractivity contribution < 1.29 is 13.9 Å². The summed E-state index contributed by atoms with van der Waals surface area (Å²) in [6.07, 6.45) is 6.47. The Hall–Kier alpha value is -1.85. The van der Waals surface area contributed by atoms with Crippen molar-refractivity contribution in [3.8, 4) is 5.75 Å². The lowest BCUT2D eigenvalue weighted by molar-refractivity contribution is 0.0977. The number of Topliss-reactive ketones (excluding diaryl/α,β-unsaturated/α-hetero) is 1. The predicted molar refractivity (Wildman–Crippen MR) is 100 cm³/mol. The summed E-state index contributed by atoms with van der Waals surface area (Å²) >= 11 is 0. The van der Waals surface area contributed by atoms with Gasteiger partial charge in [-0.3, -0.25) is 4.79 Å². The third-order valence-corrected chi connectivity index (χ3v) is 4.63. The molecule has 6 heteroatoms. The molecule has 1 N–H and O–H groups in total. The molecule has 1 aliphatic carbocycles. The summed E-state index contributed by atoms with van der Waals surface area (Å²) in [7, 11) is 1.55. The maximum Gasteiger partial charge on any atom is 0.347 e. The fourth-order valence-corrected chi connectivity index (χ4v) is 3.24. The van der Waals surface area contributed by atoms with Gasteiger partial charge in [-0.1, -0.05) is 19.3 Å². The third-order valence-electron chi connectivity index (χ3n) is 4.63. The van der Waals surface area contributed by atoms with Gasteiger partial charge in [-0.25, -0.2) is 4.79 Å². The van der Waals surface area contributed by atoms with Crippen LogP contribution < -0.4 is 15.7 Å². The molecule has 136 valence electrons. The predicted octanol–water partition coefficient (Wildman–Crippen LogP) is 3.72. The van der Waals surface area contributed by atoms with Gasteiger partial charge in [0, 0.05) is 30.5 Å². The van der Waals surface area contributed by atoms with Crippen molar-refractivity contribution in [3.05, 3.63) is 40.2 Å². The number of fused-ring (bicyclic) bond motifs is 1. The van der Waals surface area contributed by atoms with Crippen molar-refractivity contribution in [1.29, 1.82) is 0 Å². The van der Waals surface area contributed by atoms with E-state index in [1.54, 1.807) is 31.4 Å². The molecular weight excluding hydrogens is 342 g/mol. The van der Waals surface area contributed by atoms with E-state index in [9.17, 15) is 9.59 Å². The van der Waals surface area contributed by atoms with Gasteiger partial charge in [0.2, 0.25) is 0 Å². The number of ether oxygens (including phenoxy) is 1. The average Bonchev–Trinajstić information content (AvgIpc) is 2.61. The zero-order chi connectivity index (χ0) is 16.9. The van der Waals surface area contributed by atoms with E-state index in [0.717, 1.165) is 5.39 Å². The van der Waals surface area contributed by atoms with Crippen LogP contribution in [0.5, 0.6) is 5.75 Å². The van der Waals surface area contributed by atoms with Crippen molar-refractivity contribution in [3.63, 3.8) is 0 Å². The Labute approximate surface area is 153 Å². The summed E-state index contributed by atoms with van der Waals surface area (Å²) in [4.78, 5) is 24.4. The van der Waals surface area contributed by atoms with Crippen LogP contribution in [0.3, 0.4) is 0 Å². The van der Waals surface area contributed by atoms with Crippen LogP contribution in [0.2, 0.25) is 0 Å². The Morgan fingerprint density at radius 1 is 1.24 bits per heavy atom. The van der Waals surface area contributed by atoms with Crippen molar-refractivity contribution in [2.24, 2.45) is 0 Å². The molecule has 1 aliphatic rings. The van der Waals surface area contributed by atoms with Crippen LogP contribution in [0.1, 0.15) is 48.9 Å². The van der Waals surface area contributed by atoms with E-state index >= 15 is 0 Å². The van der Waals surface area contributed by atoms with Gasteiger partial charge in [0.1, 0.15) is 16.9 Å². The number of rotatable bonds is 6. The highest BCUT2D eigenvalue weighted by molar-refractivity contribution is 5.98. The molecule has 1 heterocycles. The zero-order valence-corrected chi connectivity index (χ0v) is 15.2. The molecule has 0 spiro atoms. The fraction of sp³-hybridized carbons (Fsp3) is 0.474. The molecule has 3 rings (SSSR count). The highest BCUT2D eigenvalue weighted by atomic mass is 35.5. The van der Waals surface area contributed by atoms with Crippen LogP contribution in [0, 0.1) is 0 Å². The molecule has 1 aromatic heterocycles. The molecular formula is C19H24ClNO4. The molecule has 1 aromatic carbocycles. The van der Waals surface area contributed by atoms with Crippen molar-refractivity contribution >= 4 is 29.2 Å². The standard InChI is InChI=1S/C19H23NO4.ClH/c1-23-15-8-7-13-11-16(19(22)24-18(13)12-15)17(21)9-10-20-14-5-3-2-4-6-14;/h7-8,11-12,14,20H,2-6,9-10H2,1H3;1H. The minimum atomic E-state index is -0.585. The summed E-state index contributed by atoms with van der Waals surface area (Å²) in [5.41, 5.74) is -0.0345. The monoisotopic (exact) mass is 365 g/mol. The van der Waals surface area contributed by atoms with E-state index in [4.69, 9.17) is 9.15 Å². The van der Waals surface area contributed by atoms with E-state index in [0.29, 0.717) is 30.3 Å². The van der Waals surface area contributed by atoms with Crippen LogP contribution >= 0.6 is 12.4 Å². The van der Waals surface area contributed by atoms with Crippen LogP contribution in [0.25, 0.3) is 11.0 Å². The molecule has 0 atom stereocenters. The van der Waals surface area contributed by atoms with Crippen LogP contribution in [-0.2, 0) is 0 Å². The summed E-state index contributed by atoms with van der Waals surface area (Å²) in [5.74, 6) is 0.436. The maximum absolute atomic E-state index is 12.3. The quantitative estimate of drug-likeness (QED) is 0.624. The summed E-state index contributed by atoms with van der Waals surface area (Å²) in [6, 6.07) is 7.33. The van der Waals surface area contributed by atoms with Crippen LogP contribution in [0.15, 0.2) is 33.5 Å². The Balaban J connectivity index is 0.00000225. The number of ketones is 1. The molecule has 25 heavy (non-hydrogen) atoms. The number of carbonyl (C=O) groups excluding carboxylic acids is 1. The normalized spacial score (nSPS) is 14.9. The molecule has 0 saturated heterocycles. The number of hydrogen-bond donors (Lipinski definition) is 1. The number of methoxy groups -OCH3 is 1. The van der Waals surface area contributed by atoms with E-state index in [-0.39, 0.29) is 23.8 Å². The minimum Gasteiger partial charge on any atom is -0.497 e. The molecule has 0 aliphatic heterocycles. The van der Waals surface area contributed by atoms with Crippen molar-refractivity contribution in [2.45, 2.75) is 44.6 Å². The van der Waals surface area contributed by atoms with Gasteiger partial charge >= 0.3 is 5.63 Å². The Morgan fingerprint density at radius 3 is 2.72 bits per heavy atom. The summed E-state index contributed by atoms with van der Waals surface area (Å²) in [6.45, 7) is 0.601. The second-order valence-corrected chi connectivity index (χ2v) is 6.31. The highest BCUT2D eigenvalue weighted by Gasteiger charge is 2.16. The van der Waals surface area contributed by atoms with Crippen molar-refractivity contribution in [1.82, 2.24) is 5.32 Å². The number of nitrogens with one attached hydrogen (secondary N) is 1. The van der Waals surface area contributed by atoms with Gasteiger partial charge in [0.15, 0.2) is 5.78 Å². The Morgan fingerprint density at radius 2 is 2.00 bits per heavy atom. The molecule has 0 bridgehead atoms. The molecule has 1 fully saturated rings. The number of carbonyl (C=O) groups is 1. The van der Waals surface area contributed by atoms with E-state index in [1.165, 1.54) is 32.1 Å². The second-order valence-electron chi connectivity index (χ2n) is 6.31. The molecule has 2 aromatic rings. The topological polar surface area (TPSA) is 68.5 Å². The Bertz CT molecular complexity index is 781. The number of hydrogen-bond acceptors (Lipinski definition) is 5. The lowest BCUT2D eigenvalue weighted by Gasteiger charge is -2.22. The molecule has 0 amide bonds. The molecule has 1 saturated carbocycles. The molecule has 5 nitrogen and oxygen atoms in total. The zero-order valence-electron chi connectivity index (χ0n) is 14.4. The molecule has 0 unspecified atom stereocenters. The van der Waals surface area contributed by atoms with E-state index in [1.807, 2.05) is 0 Å². The highest BCUT2D eigenvalue weighted by Crippen LogP contribution is 2.21. The van der Waals surface area contributed by atoms with Crippen LogP contribution in [-0.4, -0.2) is 25.5 Å². The van der Waals surface area contributed by atoms with Crippen molar-refractivity contribution in [2.75, 3.05) is 13.7 Å². The smallest absolute Gasteiger partial charge is 0.347 e. The van der Waals surface area contributed by atoms with Gasteiger partial charge in [-0.15, -0.1) is 12.4 Å². The third kappa shape index (κ3) is 4.83. The first-order valence-corrected chi connectivity index (χ1v) is 8.56. The number of halogens is 1. The fourth-order valence-electron chi connectivity index (χ4n) is 3.24. The van der Waals surface area contributed by atoms with Gasteiger partial charge in [-0.05, 0) is 31.0 Å². The van der Waals surface area contributed by atoms with E-state index < -0.39 is 5.63 Å². The largest absolute Gasteiger partial charge is 0.497 e. The van der Waals surface area contributed by atoms with E-state index in [2.05, 4.69) is 5.32 Å². The van der Waals surface area contributed by atoms with Gasteiger partial charge in [0.05, 0.1) is 7.11 Å². The van der Waals surface area contributed by atoms with Gasteiger partial charge in [-0.2, -0.15) is 0 Å². The lowest BCUT2D eigenvalue weighted by atomic mass is 9.95. The first kappa shape index (κ1) is 19.5. The van der Waals surface area contributed by atoms with Gasteiger partial charge in [0.25, 0.3) is 0 Å². The average molecular weight is 366 g/mol. The Kier molecular flexibility index (Phi) is 7.02. The number of benzene rings is 1. The van der Waals surface area contributed by atoms with Crippen LogP contribution in [0.4, 0.5) is 0 Å². The second kappa shape index (κ2) is 9.02. The SMILES string of the molecule is COc1ccc2cc(C(=O)CCNC3CCCCC3)c(=O)oc2c1.Cl. The minimum absolute atomic E-state index is 0. The summed E-state index contributed by atoms with van der Waals surface area (Å²) in [5, 5.41) is 4.15. The molecule has 0 radical (unpaired) electrons. The summed E-state index contributed by atoms with van der Waals surface area (Å²) < 4.78 is 10.4.